The molecular formula is C16H19N5O3. The lowest BCUT2D eigenvalue weighted by molar-refractivity contribution is -0.132. The van der Waals surface area contributed by atoms with Crippen molar-refractivity contribution in [3.63, 3.8) is 0 Å². The number of carbonyl (C=O) groups is 2. The summed E-state index contributed by atoms with van der Waals surface area (Å²) in [6.07, 6.45) is 2.65. The first-order valence-electron chi connectivity index (χ1n) is 7.97. The van der Waals surface area contributed by atoms with E-state index in [9.17, 15) is 9.59 Å². The lowest BCUT2D eigenvalue weighted by atomic mass is 10.1. The van der Waals surface area contributed by atoms with Crippen LogP contribution in [0.3, 0.4) is 0 Å². The van der Waals surface area contributed by atoms with Gasteiger partial charge in [-0.3, -0.25) is 4.79 Å². The van der Waals surface area contributed by atoms with Crippen LogP contribution in [0.5, 0.6) is 0 Å². The Bertz CT molecular complexity index is 655. The maximum atomic E-state index is 12.2. The summed E-state index contributed by atoms with van der Waals surface area (Å²) in [7, 11) is 0. The van der Waals surface area contributed by atoms with E-state index in [2.05, 4.69) is 21.3 Å². The van der Waals surface area contributed by atoms with Crippen molar-refractivity contribution >= 4 is 17.8 Å². The number of hydrogen-bond acceptors (Lipinski definition) is 5. The van der Waals surface area contributed by atoms with Gasteiger partial charge in [0.1, 0.15) is 11.9 Å². The number of rotatable bonds is 4. The van der Waals surface area contributed by atoms with E-state index in [4.69, 9.17) is 10.4 Å². The van der Waals surface area contributed by atoms with E-state index < -0.39 is 6.09 Å². The molecule has 3 rings (SSSR count). The third kappa shape index (κ3) is 3.25. The summed E-state index contributed by atoms with van der Waals surface area (Å²) in [6.45, 7) is 1.40. The number of pyridine rings is 1. The van der Waals surface area contributed by atoms with Crippen LogP contribution in [0.15, 0.2) is 18.3 Å². The molecule has 2 atom stereocenters. The van der Waals surface area contributed by atoms with Gasteiger partial charge in [0.25, 0.3) is 0 Å². The molecule has 2 aliphatic rings. The summed E-state index contributed by atoms with van der Waals surface area (Å²) in [5, 5.41) is 19.6. The highest BCUT2D eigenvalue weighted by Gasteiger charge is 2.41. The molecule has 0 saturated carbocycles. The van der Waals surface area contributed by atoms with Gasteiger partial charge in [0.2, 0.25) is 5.91 Å². The highest BCUT2D eigenvalue weighted by molar-refractivity contribution is 5.77. The Morgan fingerprint density at radius 3 is 2.58 bits per heavy atom. The number of anilines is 1. The van der Waals surface area contributed by atoms with Gasteiger partial charge in [0.15, 0.2) is 0 Å². The van der Waals surface area contributed by atoms with E-state index >= 15 is 0 Å². The van der Waals surface area contributed by atoms with Crippen molar-refractivity contribution in [3.8, 4) is 6.07 Å². The Morgan fingerprint density at radius 1 is 1.33 bits per heavy atom. The van der Waals surface area contributed by atoms with Crippen LogP contribution in [-0.4, -0.2) is 58.7 Å². The second-order valence-electron chi connectivity index (χ2n) is 6.09. The third-order valence-corrected chi connectivity index (χ3v) is 4.59. The summed E-state index contributed by atoms with van der Waals surface area (Å²) in [5.41, 5.74) is 0.533. The second kappa shape index (κ2) is 6.74. The minimum atomic E-state index is -1.11. The Labute approximate surface area is 139 Å². The standard InChI is InChI=1S/C16H19N5O3/c17-7-11-1-4-14(19-8-11)21-12-2-3-13(21)10-20(9-12)15(22)5-6-18-16(23)24/h1,4,8,12-13,18H,2-3,5-6,9-10H2,(H,23,24). The summed E-state index contributed by atoms with van der Waals surface area (Å²) in [6, 6.07) is 6.13. The van der Waals surface area contributed by atoms with Gasteiger partial charge in [-0.1, -0.05) is 0 Å². The van der Waals surface area contributed by atoms with Crippen molar-refractivity contribution in [2.45, 2.75) is 31.3 Å². The van der Waals surface area contributed by atoms with Crippen molar-refractivity contribution in [3.05, 3.63) is 23.9 Å². The number of aromatic nitrogens is 1. The fourth-order valence-electron chi connectivity index (χ4n) is 3.52. The fraction of sp³-hybridized carbons (Fsp3) is 0.500. The first kappa shape index (κ1) is 16.1. The zero-order chi connectivity index (χ0) is 17.1. The molecule has 1 aromatic rings. The zero-order valence-electron chi connectivity index (χ0n) is 13.2. The van der Waals surface area contributed by atoms with Gasteiger partial charge in [-0.2, -0.15) is 5.26 Å². The summed E-state index contributed by atoms with van der Waals surface area (Å²) >= 11 is 0. The summed E-state index contributed by atoms with van der Waals surface area (Å²) in [4.78, 5) is 31.1. The minimum Gasteiger partial charge on any atom is -0.465 e. The number of carboxylic acid groups (broad SMARTS) is 1. The molecule has 8 heteroatoms. The van der Waals surface area contributed by atoms with E-state index in [0.717, 1.165) is 18.7 Å². The van der Waals surface area contributed by atoms with E-state index in [1.54, 1.807) is 12.3 Å². The van der Waals surface area contributed by atoms with Crippen molar-refractivity contribution in [2.24, 2.45) is 0 Å². The smallest absolute Gasteiger partial charge is 0.404 e. The first-order chi connectivity index (χ1) is 11.6. The second-order valence-corrected chi connectivity index (χ2v) is 6.09. The quantitative estimate of drug-likeness (QED) is 0.845. The Balaban J connectivity index is 1.62. The molecule has 3 heterocycles. The molecule has 2 unspecified atom stereocenters. The van der Waals surface area contributed by atoms with E-state index in [1.807, 2.05) is 11.0 Å². The van der Waals surface area contributed by atoms with Crippen LogP contribution in [0.2, 0.25) is 0 Å². The molecule has 2 bridgehead atoms. The third-order valence-electron chi connectivity index (χ3n) is 4.59. The van der Waals surface area contributed by atoms with Gasteiger partial charge in [-0.25, -0.2) is 9.78 Å². The number of nitrogens with zero attached hydrogens (tertiary/aromatic N) is 4. The lowest BCUT2D eigenvalue weighted by Crippen LogP contribution is -2.56. The van der Waals surface area contributed by atoms with Crippen LogP contribution in [0.25, 0.3) is 0 Å². The Morgan fingerprint density at radius 2 is 2.04 bits per heavy atom. The van der Waals surface area contributed by atoms with Crippen molar-refractivity contribution in [1.29, 1.82) is 5.26 Å². The average molecular weight is 329 g/mol. The van der Waals surface area contributed by atoms with Crippen LogP contribution in [-0.2, 0) is 4.79 Å². The van der Waals surface area contributed by atoms with E-state index in [0.29, 0.717) is 18.7 Å². The number of fused-ring (bicyclic) bond motifs is 2. The number of amides is 2. The minimum absolute atomic E-state index is 0.0203. The number of carbonyl (C=O) groups excluding carboxylic acids is 1. The van der Waals surface area contributed by atoms with E-state index in [1.165, 1.54) is 0 Å². The van der Waals surface area contributed by atoms with Crippen molar-refractivity contribution in [1.82, 2.24) is 15.2 Å². The zero-order valence-corrected chi connectivity index (χ0v) is 13.2. The Kier molecular flexibility index (Phi) is 4.51. The number of nitriles is 1. The molecular weight excluding hydrogens is 310 g/mol. The Hall–Kier alpha value is -2.82. The van der Waals surface area contributed by atoms with Crippen LogP contribution < -0.4 is 10.2 Å². The van der Waals surface area contributed by atoms with Gasteiger partial charge in [-0.15, -0.1) is 0 Å². The molecule has 2 aliphatic heterocycles. The normalized spacial score (nSPS) is 22.1. The monoisotopic (exact) mass is 329 g/mol. The van der Waals surface area contributed by atoms with Gasteiger partial charge < -0.3 is 20.2 Å². The lowest BCUT2D eigenvalue weighted by Gasteiger charge is -2.41. The largest absolute Gasteiger partial charge is 0.465 e. The molecule has 2 N–H and O–H groups in total. The van der Waals surface area contributed by atoms with Gasteiger partial charge in [-0.05, 0) is 25.0 Å². The molecule has 2 amide bonds. The summed E-state index contributed by atoms with van der Waals surface area (Å²) < 4.78 is 0. The predicted octanol–water partition coefficient (Wildman–Crippen LogP) is 0.791. The van der Waals surface area contributed by atoms with Gasteiger partial charge >= 0.3 is 6.09 Å². The van der Waals surface area contributed by atoms with Gasteiger partial charge in [0.05, 0.1) is 5.56 Å². The molecule has 1 aromatic heterocycles. The molecule has 0 aromatic carbocycles. The highest BCUT2D eigenvalue weighted by Crippen LogP contribution is 2.34. The summed E-state index contributed by atoms with van der Waals surface area (Å²) in [5.74, 6) is 0.828. The first-order valence-corrected chi connectivity index (χ1v) is 7.97. The maximum Gasteiger partial charge on any atom is 0.404 e. The number of nitrogens with one attached hydrogen (secondary N) is 1. The molecule has 2 fully saturated rings. The van der Waals surface area contributed by atoms with Crippen LogP contribution in [0, 0.1) is 11.3 Å². The molecule has 126 valence electrons. The predicted molar refractivity (Wildman–Crippen MR) is 85.5 cm³/mol. The topological polar surface area (TPSA) is 110 Å². The molecule has 0 spiro atoms. The van der Waals surface area contributed by atoms with Crippen LogP contribution in [0.4, 0.5) is 10.6 Å². The number of piperazine rings is 1. The van der Waals surface area contributed by atoms with E-state index in [-0.39, 0.29) is 31.0 Å². The highest BCUT2D eigenvalue weighted by atomic mass is 16.4. The fourth-order valence-corrected chi connectivity index (χ4v) is 3.52. The molecule has 0 radical (unpaired) electrons. The van der Waals surface area contributed by atoms with Crippen molar-refractivity contribution < 1.29 is 14.7 Å². The van der Waals surface area contributed by atoms with Crippen LogP contribution in [0.1, 0.15) is 24.8 Å². The van der Waals surface area contributed by atoms with Crippen molar-refractivity contribution in [2.75, 3.05) is 24.5 Å². The molecule has 0 aliphatic carbocycles. The molecule has 8 nitrogen and oxygen atoms in total. The average Bonchev–Trinajstić information content (AvgIpc) is 2.84. The number of hydrogen-bond donors (Lipinski definition) is 2. The molecule has 24 heavy (non-hydrogen) atoms. The number of likely N-dealkylation sites (tertiary alicyclic amines) is 1. The molecule has 2 saturated heterocycles. The van der Waals surface area contributed by atoms with Crippen LogP contribution >= 0.6 is 0 Å². The van der Waals surface area contributed by atoms with Gasteiger partial charge in [0, 0.05) is 44.3 Å². The SMILES string of the molecule is N#Cc1ccc(N2C3CCC2CN(C(=O)CCNC(=O)O)C3)nc1. The maximum absolute atomic E-state index is 12.2.